The number of aromatic nitrogens is 4. The molecule has 2 aromatic heterocycles. The molecular weight excluding hydrogens is 401 g/mol. The number of carbonyl (C=O) groups excluding carboxylic acids is 1. The molecule has 2 aromatic carbocycles. The molecule has 1 saturated carbocycles. The zero-order valence-corrected chi connectivity index (χ0v) is 17.0. The highest BCUT2D eigenvalue weighted by Crippen LogP contribution is 2.35. The Morgan fingerprint density at radius 2 is 1.97 bits per heavy atom. The molecule has 0 atom stereocenters. The third kappa shape index (κ3) is 3.43. The molecule has 1 aliphatic rings. The van der Waals surface area contributed by atoms with Crippen LogP contribution >= 0.6 is 12.2 Å². The number of halogens is 1. The van der Waals surface area contributed by atoms with Crippen molar-refractivity contribution in [2.24, 2.45) is 0 Å². The van der Waals surface area contributed by atoms with Crippen molar-refractivity contribution in [2.75, 3.05) is 0 Å². The minimum atomic E-state index is -0.290. The van der Waals surface area contributed by atoms with Gasteiger partial charge in [-0.15, -0.1) is 0 Å². The Morgan fingerprint density at radius 3 is 2.77 bits per heavy atom. The van der Waals surface area contributed by atoms with Gasteiger partial charge in [0, 0.05) is 22.5 Å². The number of carbonyl (C=O) groups is 1. The molecule has 2 N–H and O–H groups in total. The second kappa shape index (κ2) is 7.53. The molecule has 1 fully saturated rings. The van der Waals surface area contributed by atoms with Crippen LogP contribution in [0.4, 0.5) is 4.39 Å². The normalized spacial score (nSPS) is 13.6. The summed E-state index contributed by atoms with van der Waals surface area (Å²) in [4.78, 5) is 13.1. The lowest BCUT2D eigenvalue weighted by Gasteiger charge is -2.12. The van der Waals surface area contributed by atoms with Crippen LogP contribution in [-0.4, -0.2) is 25.2 Å². The van der Waals surface area contributed by atoms with Gasteiger partial charge < -0.3 is 9.88 Å². The Kier molecular flexibility index (Phi) is 4.71. The number of fused-ring (bicyclic) bond motifs is 1. The van der Waals surface area contributed by atoms with Crippen LogP contribution in [0.3, 0.4) is 0 Å². The first-order valence-corrected chi connectivity index (χ1v) is 10.3. The number of para-hydroxylation sites is 1. The fourth-order valence-corrected chi connectivity index (χ4v) is 4.09. The topological polar surface area (TPSA) is 67.6 Å². The monoisotopic (exact) mass is 421 g/mol. The molecule has 2 heterocycles. The highest BCUT2D eigenvalue weighted by atomic mass is 32.1. The van der Waals surface area contributed by atoms with Crippen LogP contribution in [0.25, 0.3) is 10.9 Å². The van der Waals surface area contributed by atoms with Crippen molar-refractivity contribution in [2.45, 2.75) is 32.0 Å². The average Bonchev–Trinajstić information content (AvgIpc) is 3.42. The van der Waals surface area contributed by atoms with Crippen molar-refractivity contribution in [3.8, 4) is 0 Å². The van der Waals surface area contributed by atoms with E-state index in [4.69, 9.17) is 12.2 Å². The lowest BCUT2D eigenvalue weighted by molar-refractivity contribution is 0.0941. The van der Waals surface area contributed by atoms with Gasteiger partial charge in [0.1, 0.15) is 11.5 Å². The molecule has 0 aliphatic heterocycles. The lowest BCUT2D eigenvalue weighted by atomic mass is 10.2. The maximum Gasteiger partial charge on any atom is 0.268 e. The Bertz CT molecular complexity index is 1300. The number of rotatable bonds is 6. The fraction of sp³-hybridized carbons (Fsp3) is 0.227. The molecule has 4 aromatic rings. The highest BCUT2D eigenvalue weighted by molar-refractivity contribution is 7.71. The van der Waals surface area contributed by atoms with Crippen molar-refractivity contribution in [1.82, 2.24) is 24.6 Å². The van der Waals surface area contributed by atoms with Crippen molar-refractivity contribution in [1.29, 1.82) is 0 Å². The van der Waals surface area contributed by atoms with Gasteiger partial charge in [-0.1, -0.05) is 36.4 Å². The Balaban J connectivity index is 1.45. The quantitative estimate of drug-likeness (QED) is 0.455. The first-order valence-electron chi connectivity index (χ1n) is 9.87. The largest absolute Gasteiger partial charge is 0.343 e. The molecule has 6 nitrogen and oxygen atoms in total. The van der Waals surface area contributed by atoms with Gasteiger partial charge in [0.05, 0.1) is 13.1 Å². The minimum absolute atomic E-state index is 0.237. The Labute approximate surface area is 177 Å². The zero-order chi connectivity index (χ0) is 20.7. The number of aromatic amines is 1. The van der Waals surface area contributed by atoms with Gasteiger partial charge in [0.2, 0.25) is 0 Å². The first-order chi connectivity index (χ1) is 14.6. The van der Waals surface area contributed by atoms with Gasteiger partial charge in [-0.25, -0.2) is 4.39 Å². The summed E-state index contributed by atoms with van der Waals surface area (Å²) in [5.41, 5.74) is 1.89. The van der Waals surface area contributed by atoms with E-state index in [9.17, 15) is 9.18 Å². The van der Waals surface area contributed by atoms with Crippen LogP contribution in [0.1, 0.15) is 40.8 Å². The van der Waals surface area contributed by atoms with E-state index in [0.29, 0.717) is 27.9 Å². The number of H-pyrrole nitrogens is 1. The maximum absolute atomic E-state index is 14.3. The van der Waals surface area contributed by atoms with Crippen LogP contribution in [0.15, 0.2) is 54.6 Å². The van der Waals surface area contributed by atoms with E-state index < -0.39 is 0 Å². The smallest absolute Gasteiger partial charge is 0.268 e. The van der Waals surface area contributed by atoms with Gasteiger partial charge in [-0.05, 0) is 43.3 Å². The van der Waals surface area contributed by atoms with E-state index in [1.807, 2.05) is 39.5 Å². The van der Waals surface area contributed by atoms with E-state index in [2.05, 4.69) is 15.5 Å². The molecule has 0 bridgehead atoms. The summed E-state index contributed by atoms with van der Waals surface area (Å²) in [6.45, 7) is 0.535. The van der Waals surface area contributed by atoms with Crippen LogP contribution in [-0.2, 0) is 13.1 Å². The van der Waals surface area contributed by atoms with E-state index in [0.717, 1.165) is 23.7 Å². The second-order valence-electron chi connectivity index (χ2n) is 7.49. The van der Waals surface area contributed by atoms with E-state index in [-0.39, 0.29) is 24.8 Å². The number of nitrogens with one attached hydrogen (secondary N) is 2. The summed E-state index contributed by atoms with van der Waals surface area (Å²) in [6, 6.07) is 16.5. The summed E-state index contributed by atoms with van der Waals surface area (Å²) in [5, 5.41) is 11.0. The third-order valence-electron chi connectivity index (χ3n) is 5.43. The number of amides is 1. The average molecular weight is 422 g/mol. The molecule has 0 unspecified atom stereocenters. The first kappa shape index (κ1) is 18.7. The van der Waals surface area contributed by atoms with Crippen LogP contribution in [0.2, 0.25) is 0 Å². The standard InChI is InChI=1S/C22H20FN5OS/c23-17-7-3-1-6-15(17)13-27-18-8-4-2-5-14(18)11-19(27)21(29)24-12-20-25-26-22(30)28(20)16-9-10-16/h1-8,11,16H,9-10,12-13H2,(H,24,29)(H,26,30). The van der Waals surface area contributed by atoms with E-state index in [1.165, 1.54) is 6.07 Å². The molecule has 0 saturated heterocycles. The SMILES string of the molecule is O=C(NCc1n[nH]c(=S)n1C1CC1)c1cc2ccccc2n1Cc1ccccc1F. The number of nitrogens with zero attached hydrogens (tertiary/aromatic N) is 3. The Hall–Kier alpha value is -3.26. The van der Waals surface area contributed by atoms with E-state index >= 15 is 0 Å². The van der Waals surface area contributed by atoms with Gasteiger partial charge in [-0.2, -0.15) is 5.10 Å². The van der Waals surface area contributed by atoms with Crippen molar-refractivity contribution < 1.29 is 9.18 Å². The lowest BCUT2D eigenvalue weighted by Crippen LogP contribution is -2.27. The van der Waals surface area contributed by atoms with E-state index in [1.54, 1.807) is 18.2 Å². The molecule has 8 heteroatoms. The Morgan fingerprint density at radius 1 is 1.20 bits per heavy atom. The second-order valence-corrected chi connectivity index (χ2v) is 7.88. The molecule has 0 spiro atoms. The molecule has 1 amide bonds. The van der Waals surface area contributed by atoms with Gasteiger partial charge >= 0.3 is 0 Å². The molecule has 0 radical (unpaired) electrons. The number of hydrogen-bond donors (Lipinski definition) is 2. The predicted octanol–water partition coefficient (Wildman–Crippen LogP) is 4.35. The zero-order valence-electron chi connectivity index (χ0n) is 16.1. The van der Waals surface area contributed by atoms with Crippen LogP contribution in [0, 0.1) is 10.6 Å². The summed E-state index contributed by atoms with van der Waals surface area (Å²) in [7, 11) is 0. The molecular formula is C22H20FN5OS. The highest BCUT2D eigenvalue weighted by Gasteiger charge is 2.27. The van der Waals surface area contributed by atoms with Crippen LogP contribution in [0.5, 0.6) is 0 Å². The summed E-state index contributed by atoms with van der Waals surface area (Å²) < 4.78 is 18.7. The molecule has 152 valence electrons. The van der Waals surface area contributed by atoms with Gasteiger partial charge in [0.15, 0.2) is 10.6 Å². The molecule has 1 aliphatic carbocycles. The third-order valence-corrected chi connectivity index (χ3v) is 5.71. The van der Waals surface area contributed by atoms with Gasteiger partial charge in [-0.3, -0.25) is 14.5 Å². The summed E-state index contributed by atoms with van der Waals surface area (Å²) in [5.74, 6) is 0.188. The fourth-order valence-electron chi connectivity index (χ4n) is 3.79. The van der Waals surface area contributed by atoms with Crippen LogP contribution < -0.4 is 5.32 Å². The van der Waals surface area contributed by atoms with Gasteiger partial charge in [0.25, 0.3) is 5.91 Å². The van der Waals surface area contributed by atoms with Crippen molar-refractivity contribution >= 4 is 29.0 Å². The molecule has 5 rings (SSSR count). The minimum Gasteiger partial charge on any atom is -0.343 e. The number of benzene rings is 2. The molecule has 30 heavy (non-hydrogen) atoms. The predicted molar refractivity (Wildman–Crippen MR) is 114 cm³/mol. The maximum atomic E-state index is 14.3. The number of hydrogen-bond acceptors (Lipinski definition) is 3. The summed E-state index contributed by atoms with van der Waals surface area (Å²) >= 11 is 5.30. The van der Waals surface area contributed by atoms with Crippen molar-refractivity contribution in [3.05, 3.63) is 82.3 Å². The summed E-state index contributed by atoms with van der Waals surface area (Å²) in [6.07, 6.45) is 2.15. The van der Waals surface area contributed by atoms with Crippen molar-refractivity contribution in [3.63, 3.8) is 0 Å².